The Morgan fingerprint density at radius 2 is 1.71 bits per heavy atom. The SMILES string of the molecule is C[C@H](NCC(=O)Nc1ccccc1F)c1cccc2ccccc12. The van der Waals surface area contributed by atoms with Gasteiger partial charge in [0.25, 0.3) is 0 Å². The van der Waals surface area contributed by atoms with Crippen LogP contribution in [-0.2, 0) is 4.79 Å². The Bertz CT molecular complexity index is 858. The molecule has 3 nitrogen and oxygen atoms in total. The number of rotatable bonds is 5. The van der Waals surface area contributed by atoms with Crippen molar-refractivity contribution in [2.24, 2.45) is 0 Å². The first kappa shape index (κ1) is 16.1. The van der Waals surface area contributed by atoms with Crippen LogP contribution in [0.4, 0.5) is 10.1 Å². The normalized spacial score (nSPS) is 12.1. The molecular formula is C20H19FN2O. The van der Waals surface area contributed by atoms with E-state index >= 15 is 0 Å². The van der Waals surface area contributed by atoms with Crippen LogP contribution >= 0.6 is 0 Å². The molecule has 3 aromatic carbocycles. The zero-order valence-electron chi connectivity index (χ0n) is 13.4. The van der Waals surface area contributed by atoms with E-state index in [1.54, 1.807) is 18.2 Å². The number of nitrogens with one attached hydrogen (secondary N) is 2. The molecular weight excluding hydrogens is 303 g/mol. The molecule has 3 aromatic rings. The summed E-state index contributed by atoms with van der Waals surface area (Å²) in [5, 5.41) is 8.10. The van der Waals surface area contributed by atoms with Crippen molar-refractivity contribution in [3.8, 4) is 0 Å². The third kappa shape index (κ3) is 3.60. The molecule has 122 valence electrons. The highest BCUT2D eigenvalue weighted by molar-refractivity contribution is 5.92. The standard InChI is InChI=1S/C20H19FN2O/c1-14(16-10-6-8-15-7-2-3-9-17(15)16)22-13-20(24)23-19-12-5-4-11-18(19)21/h2-12,14,22H,13H2,1H3,(H,23,24)/t14-/m0/s1. The Labute approximate surface area is 140 Å². The minimum Gasteiger partial charge on any atom is -0.322 e. The Balaban J connectivity index is 1.65. The van der Waals surface area contributed by atoms with E-state index in [9.17, 15) is 9.18 Å². The van der Waals surface area contributed by atoms with E-state index < -0.39 is 5.82 Å². The molecule has 0 saturated heterocycles. The quantitative estimate of drug-likeness (QED) is 0.736. The largest absolute Gasteiger partial charge is 0.322 e. The maximum Gasteiger partial charge on any atom is 0.238 e. The van der Waals surface area contributed by atoms with Crippen LogP contribution in [0.15, 0.2) is 66.7 Å². The van der Waals surface area contributed by atoms with E-state index in [1.165, 1.54) is 11.5 Å². The number of amides is 1. The molecule has 0 aliphatic heterocycles. The zero-order chi connectivity index (χ0) is 16.9. The van der Waals surface area contributed by atoms with Gasteiger partial charge < -0.3 is 10.6 Å². The van der Waals surface area contributed by atoms with E-state index in [2.05, 4.69) is 34.9 Å². The number of halogens is 1. The second-order valence-corrected chi connectivity index (χ2v) is 5.70. The Kier molecular flexibility index (Phi) is 4.87. The zero-order valence-corrected chi connectivity index (χ0v) is 13.4. The third-order valence-corrected chi connectivity index (χ3v) is 4.01. The van der Waals surface area contributed by atoms with Crippen molar-refractivity contribution >= 4 is 22.4 Å². The number of fused-ring (bicyclic) bond motifs is 1. The highest BCUT2D eigenvalue weighted by Crippen LogP contribution is 2.23. The van der Waals surface area contributed by atoms with E-state index in [4.69, 9.17) is 0 Å². The van der Waals surface area contributed by atoms with Gasteiger partial charge in [0.15, 0.2) is 0 Å². The van der Waals surface area contributed by atoms with Crippen molar-refractivity contribution in [2.75, 3.05) is 11.9 Å². The lowest BCUT2D eigenvalue weighted by Crippen LogP contribution is -2.30. The van der Waals surface area contributed by atoms with Crippen LogP contribution < -0.4 is 10.6 Å². The molecule has 0 radical (unpaired) electrons. The summed E-state index contributed by atoms with van der Waals surface area (Å²) in [5.74, 6) is -0.708. The van der Waals surface area contributed by atoms with E-state index in [0.717, 1.165) is 10.9 Å². The van der Waals surface area contributed by atoms with E-state index in [1.807, 2.05) is 25.1 Å². The van der Waals surface area contributed by atoms with Gasteiger partial charge in [-0.05, 0) is 35.4 Å². The molecule has 0 aromatic heterocycles. The smallest absolute Gasteiger partial charge is 0.238 e. The summed E-state index contributed by atoms with van der Waals surface area (Å²) >= 11 is 0. The molecule has 0 saturated carbocycles. The number of carbonyl (C=O) groups is 1. The van der Waals surface area contributed by atoms with Crippen LogP contribution in [-0.4, -0.2) is 12.5 Å². The lowest BCUT2D eigenvalue weighted by atomic mass is 10.00. The number of hydrogen-bond donors (Lipinski definition) is 2. The van der Waals surface area contributed by atoms with Crippen molar-refractivity contribution in [1.82, 2.24) is 5.32 Å². The molecule has 0 fully saturated rings. The summed E-state index contributed by atoms with van der Waals surface area (Å²) in [6, 6.07) is 20.4. The molecule has 0 aliphatic rings. The average Bonchev–Trinajstić information content (AvgIpc) is 2.61. The molecule has 3 rings (SSSR count). The third-order valence-electron chi connectivity index (χ3n) is 4.01. The van der Waals surface area contributed by atoms with Gasteiger partial charge in [0.2, 0.25) is 5.91 Å². The molecule has 0 bridgehead atoms. The molecule has 0 spiro atoms. The first-order valence-corrected chi connectivity index (χ1v) is 7.90. The van der Waals surface area contributed by atoms with Crippen LogP contribution in [0.25, 0.3) is 10.8 Å². The summed E-state index contributed by atoms with van der Waals surface area (Å²) in [6.45, 7) is 2.12. The second kappa shape index (κ2) is 7.23. The fourth-order valence-electron chi connectivity index (χ4n) is 2.74. The van der Waals surface area contributed by atoms with Crippen LogP contribution in [0.3, 0.4) is 0 Å². The molecule has 0 aliphatic carbocycles. The predicted molar refractivity (Wildman–Crippen MR) is 95.4 cm³/mol. The molecule has 0 unspecified atom stereocenters. The molecule has 2 N–H and O–H groups in total. The van der Waals surface area contributed by atoms with Gasteiger partial charge in [0.1, 0.15) is 5.82 Å². The summed E-state index contributed by atoms with van der Waals surface area (Å²) in [5.41, 5.74) is 1.33. The fraction of sp³-hybridized carbons (Fsp3) is 0.150. The van der Waals surface area contributed by atoms with Crippen LogP contribution in [0.5, 0.6) is 0 Å². The first-order chi connectivity index (χ1) is 11.6. The van der Waals surface area contributed by atoms with Crippen molar-refractivity contribution < 1.29 is 9.18 Å². The molecule has 0 heterocycles. The van der Waals surface area contributed by atoms with Crippen molar-refractivity contribution in [2.45, 2.75) is 13.0 Å². The summed E-state index contributed by atoms with van der Waals surface area (Å²) in [6.07, 6.45) is 0. The predicted octanol–water partition coefficient (Wildman–Crippen LogP) is 4.27. The minimum absolute atomic E-state index is 0.00229. The topological polar surface area (TPSA) is 41.1 Å². The number of hydrogen-bond acceptors (Lipinski definition) is 2. The van der Waals surface area contributed by atoms with Gasteiger partial charge in [0.05, 0.1) is 12.2 Å². The summed E-state index contributed by atoms with van der Waals surface area (Å²) < 4.78 is 13.6. The van der Waals surface area contributed by atoms with E-state index in [-0.39, 0.29) is 24.2 Å². The van der Waals surface area contributed by atoms with Crippen LogP contribution in [0.1, 0.15) is 18.5 Å². The van der Waals surface area contributed by atoms with Gasteiger partial charge in [-0.3, -0.25) is 4.79 Å². The lowest BCUT2D eigenvalue weighted by Gasteiger charge is -2.16. The molecule has 1 amide bonds. The fourth-order valence-corrected chi connectivity index (χ4v) is 2.74. The van der Waals surface area contributed by atoms with Gasteiger partial charge >= 0.3 is 0 Å². The van der Waals surface area contributed by atoms with Gasteiger partial charge in [-0.2, -0.15) is 0 Å². The second-order valence-electron chi connectivity index (χ2n) is 5.70. The highest BCUT2D eigenvalue weighted by atomic mass is 19.1. The summed E-state index contributed by atoms with van der Waals surface area (Å²) in [4.78, 5) is 12.0. The number of anilines is 1. The maximum absolute atomic E-state index is 13.6. The Hall–Kier alpha value is -2.72. The average molecular weight is 322 g/mol. The number of para-hydroxylation sites is 1. The molecule has 24 heavy (non-hydrogen) atoms. The van der Waals surface area contributed by atoms with Crippen LogP contribution in [0.2, 0.25) is 0 Å². The van der Waals surface area contributed by atoms with Gasteiger partial charge in [0, 0.05) is 6.04 Å². The van der Waals surface area contributed by atoms with Gasteiger partial charge in [-0.1, -0.05) is 54.6 Å². The van der Waals surface area contributed by atoms with Crippen molar-refractivity contribution in [1.29, 1.82) is 0 Å². The summed E-state index contributed by atoms with van der Waals surface area (Å²) in [7, 11) is 0. The number of carbonyl (C=O) groups excluding carboxylic acids is 1. The molecule has 4 heteroatoms. The van der Waals surface area contributed by atoms with Gasteiger partial charge in [-0.15, -0.1) is 0 Å². The Morgan fingerprint density at radius 1 is 1.00 bits per heavy atom. The monoisotopic (exact) mass is 322 g/mol. The lowest BCUT2D eigenvalue weighted by molar-refractivity contribution is -0.115. The minimum atomic E-state index is -0.437. The maximum atomic E-state index is 13.6. The highest BCUT2D eigenvalue weighted by Gasteiger charge is 2.11. The Morgan fingerprint density at radius 3 is 2.54 bits per heavy atom. The first-order valence-electron chi connectivity index (χ1n) is 7.90. The van der Waals surface area contributed by atoms with E-state index in [0.29, 0.717) is 0 Å². The van der Waals surface area contributed by atoms with Crippen molar-refractivity contribution in [3.05, 3.63) is 78.1 Å². The number of benzene rings is 3. The van der Waals surface area contributed by atoms with Crippen LogP contribution in [0, 0.1) is 5.82 Å². The van der Waals surface area contributed by atoms with Crippen molar-refractivity contribution in [3.63, 3.8) is 0 Å². The van der Waals surface area contributed by atoms with Gasteiger partial charge in [-0.25, -0.2) is 4.39 Å². The molecule has 1 atom stereocenters.